The molecule has 34 heavy (non-hydrogen) atoms. The van der Waals surface area contributed by atoms with Crippen LogP contribution in [0.2, 0.25) is 10.0 Å². The molecular formula is C26H28Cl2N3O3. The number of nitrogens with one attached hydrogen (secondary N) is 2. The van der Waals surface area contributed by atoms with Gasteiger partial charge in [0.05, 0.1) is 6.20 Å². The predicted molar refractivity (Wildman–Crippen MR) is 138 cm³/mol. The lowest BCUT2D eigenvalue weighted by Crippen LogP contribution is -2.33. The van der Waals surface area contributed by atoms with Crippen molar-refractivity contribution in [3.05, 3.63) is 77.3 Å². The molecule has 0 unspecified atom stereocenters. The van der Waals surface area contributed by atoms with Crippen LogP contribution in [-0.2, 0) is 4.74 Å². The summed E-state index contributed by atoms with van der Waals surface area (Å²) in [6, 6.07) is 14.7. The number of alkyl carbamates (subject to hydrolysis) is 1. The maximum Gasteiger partial charge on any atom is 0.407 e. The molecule has 0 atom stereocenters. The van der Waals surface area contributed by atoms with Crippen LogP contribution in [0, 0.1) is 6.92 Å². The lowest BCUT2D eigenvalue weighted by atomic mass is 10.0. The largest absolute Gasteiger partial charge is 0.456 e. The van der Waals surface area contributed by atoms with Gasteiger partial charge in [-0.25, -0.2) is 9.78 Å². The van der Waals surface area contributed by atoms with Crippen LogP contribution >= 0.6 is 23.2 Å². The lowest BCUT2D eigenvalue weighted by molar-refractivity contribution is 0.0528. The third kappa shape index (κ3) is 8.43. The fourth-order valence-corrected chi connectivity index (χ4v) is 3.62. The monoisotopic (exact) mass is 500 g/mol. The van der Waals surface area contributed by atoms with Crippen LogP contribution in [0.1, 0.15) is 32.8 Å². The Hall–Kier alpha value is -2.96. The molecule has 0 spiro atoms. The number of nitrogens with zero attached hydrogens (tertiary/aromatic N) is 1. The van der Waals surface area contributed by atoms with E-state index in [0.29, 0.717) is 40.5 Å². The van der Waals surface area contributed by atoms with Crippen LogP contribution in [-0.4, -0.2) is 29.8 Å². The predicted octanol–water partition coefficient (Wildman–Crippen LogP) is 7.36. The number of carbonyl (C=O) groups is 1. The molecule has 0 bridgehead atoms. The fourth-order valence-electron chi connectivity index (χ4n) is 3.10. The van der Waals surface area contributed by atoms with E-state index in [-0.39, 0.29) is 0 Å². The maximum atomic E-state index is 11.6. The standard InChI is InChI=1S/C26H28Cl2N3O3/c1-17-10-18(19-12-20(27)15-21(28)13-19)14-23(11-17)33-22-6-7-24(31-16-22)29-8-5-9-30-25(32)34-26(2,3)4/h6-7,10-16H,1,5,8-9H2,2-4H3,(H,29,31)(H,30,32). The van der Waals surface area contributed by atoms with Crippen molar-refractivity contribution in [2.75, 3.05) is 18.4 Å². The summed E-state index contributed by atoms with van der Waals surface area (Å²) >= 11 is 12.3. The molecule has 3 rings (SSSR count). The van der Waals surface area contributed by atoms with Gasteiger partial charge in [-0.3, -0.25) is 0 Å². The number of anilines is 1. The number of amides is 1. The Balaban J connectivity index is 1.53. The van der Waals surface area contributed by atoms with Gasteiger partial charge in [-0.05, 0) is 93.3 Å². The van der Waals surface area contributed by atoms with Crippen LogP contribution < -0.4 is 15.4 Å². The number of aromatic nitrogens is 1. The Labute approximate surface area is 210 Å². The number of ether oxygens (including phenoxy) is 2. The molecule has 0 aliphatic rings. The smallest absolute Gasteiger partial charge is 0.407 e. The second kappa shape index (κ2) is 11.4. The third-order valence-electron chi connectivity index (χ3n) is 4.46. The number of hydrogen-bond donors (Lipinski definition) is 2. The second-order valence-electron chi connectivity index (χ2n) is 8.71. The van der Waals surface area contributed by atoms with Crippen molar-refractivity contribution in [2.45, 2.75) is 32.8 Å². The molecule has 179 valence electrons. The van der Waals surface area contributed by atoms with E-state index in [1.165, 1.54) is 0 Å². The molecule has 1 amide bonds. The molecular weight excluding hydrogens is 473 g/mol. The van der Waals surface area contributed by atoms with E-state index in [0.717, 1.165) is 23.1 Å². The summed E-state index contributed by atoms with van der Waals surface area (Å²) in [7, 11) is 0. The Morgan fingerprint density at radius 1 is 0.971 bits per heavy atom. The molecule has 2 N–H and O–H groups in total. The first-order valence-corrected chi connectivity index (χ1v) is 11.6. The molecule has 2 aromatic carbocycles. The van der Waals surface area contributed by atoms with Gasteiger partial charge in [0, 0.05) is 23.1 Å². The summed E-state index contributed by atoms with van der Waals surface area (Å²) in [5, 5.41) is 7.07. The van der Waals surface area contributed by atoms with Gasteiger partial charge < -0.3 is 20.1 Å². The zero-order valence-electron chi connectivity index (χ0n) is 19.5. The third-order valence-corrected chi connectivity index (χ3v) is 4.90. The van der Waals surface area contributed by atoms with Gasteiger partial charge in [0.15, 0.2) is 0 Å². The highest BCUT2D eigenvalue weighted by molar-refractivity contribution is 6.35. The van der Waals surface area contributed by atoms with Crippen LogP contribution in [0.25, 0.3) is 11.1 Å². The quantitative estimate of drug-likeness (QED) is 0.316. The van der Waals surface area contributed by atoms with Crippen molar-refractivity contribution < 1.29 is 14.3 Å². The number of pyridine rings is 1. The molecule has 3 aromatic rings. The van der Waals surface area contributed by atoms with Gasteiger partial charge in [-0.15, -0.1) is 0 Å². The van der Waals surface area contributed by atoms with E-state index >= 15 is 0 Å². The van der Waals surface area contributed by atoms with Crippen LogP contribution in [0.4, 0.5) is 10.6 Å². The maximum absolute atomic E-state index is 11.6. The van der Waals surface area contributed by atoms with Gasteiger partial charge in [0.1, 0.15) is 22.9 Å². The fraction of sp³-hybridized carbons (Fsp3) is 0.269. The normalized spacial score (nSPS) is 11.1. The highest BCUT2D eigenvalue weighted by Crippen LogP contribution is 2.32. The van der Waals surface area contributed by atoms with Crippen LogP contribution in [0.5, 0.6) is 11.5 Å². The molecule has 0 aliphatic carbocycles. The molecule has 0 aliphatic heterocycles. The van der Waals surface area contributed by atoms with Crippen molar-refractivity contribution in [3.63, 3.8) is 0 Å². The minimum absolute atomic E-state index is 0.417. The number of benzene rings is 2. The summed E-state index contributed by atoms with van der Waals surface area (Å²) in [6.45, 7) is 10.7. The minimum atomic E-state index is -0.504. The molecule has 1 heterocycles. The summed E-state index contributed by atoms with van der Waals surface area (Å²) in [6.07, 6.45) is 1.96. The van der Waals surface area contributed by atoms with Gasteiger partial charge in [-0.1, -0.05) is 29.3 Å². The molecule has 6 nitrogen and oxygen atoms in total. The molecule has 0 fully saturated rings. The van der Waals surface area contributed by atoms with Gasteiger partial charge >= 0.3 is 6.09 Å². The Morgan fingerprint density at radius 3 is 2.32 bits per heavy atom. The lowest BCUT2D eigenvalue weighted by Gasteiger charge is -2.19. The van der Waals surface area contributed by atoms with Crippen molar-refractivity contribution >= 4 is 35.1 Å². The van der Waals surface area contributed by atoms with Gasteiger partial charge in [0.25, 0.3) is 0 Å². The summed E-state index contributed by atoms with van der Waals surface area (Å²) in [5.41, 5.74) is 2.08. The molecule has 8 heteroatoms. The summed E-state index contributed by atoms with van der Waals surface area (Å²) in [5.74, 6) is 1.94. The zero-order valence-corrected chi connectivity index (χ0v) is 21.0. The summed E-state index contributed by atoms with van der Waals surface area (Å²) < 4.78 is 11.2. The molecule has 1 aromatic heterocycles. The van der Waals surface area contributed by atoms with Crippen molar-refractivity contribution in [1.29, 1.82) is 0 Å². The van der Waals surface area contributed by atoms with Crippen molar-refractivity contribution in [1.82, 2.24) is 10.3 Å². The second-order valence-corrected chi connectivity index (χ2v) is 9.59. The summed E-state index contributed by atoms with van der Waals surface area (Å²) in [4.78, 5) is 16.0. The SMILES string of the molecule is [CH2]c1cc(Oc2ccc(NCCCNC(=O)OC(C)(C)C)nc2)cc(-c2cc(Cl)cc(Cl)c2)c1. The first-order valence-electron chi connectivity index (χ1n) is 10.9. The topological polar surface area (TPSA) is 72.5 Å². The van der Waals surface area contributed by atoms with Gasteiger partial charge in [-0.2, -0.15) is 0 Å². The minimum Gasteiger partial charge on any atom is -0.456 e. The zero-order chi connectivity index (χ0) is 24.7. The van der Waals surface area contributed by atoms with Gasteiger partial charge in [0.2, 0.25) is 0 Å². The van der Waals surface area contributed by atoms with E-state index in [4.69, 9.17) is 32.7 Å². The first-order chi connectivity index (χ1) is 16.1. The van der Waals surface area contributed by atoms with Crippen molar-refractivity contribution in [2.24, 2.45) is 0 Å². The number of hydrogen-bond acceptors (Lipinski definition) is 5. The van der Waals surface area contributed by atoms with E-state index in [1.807, 2.05) is 63.2 Å². The van der Waals surface area contributed by atoms with E-state index in [9.17, 15) is 4.79 Å². The molecule has 0 saturated carbocycles. The Morgan fingerprint density at radius 2 is 1.68 bits per heavy atom. The number of rotatable bonds is 8. The number of halogens is 2. The average Bonchev–Trinajstić information content (AvgIpc) is 2.72. The highest BCUT2D eigenvalue weighted by Gasteiger charge is 2.15. The van der Waals surface area contributed by atoms with Crippen LogP contribution in [0.3, 0.4) is 0 Å². The average molecular weight is 501 g/mol. The van der Waals surface area contributed by atoms with E-state index < -0.39 is 11.7 Å². The number of carbonyl (C=O) groups excluding carboxylic acids is 1. The highest BCUT2D eigenvalue weighted by atomic mass is 35.5. The van der Waals surface area contributed by atoms with E-state index in [1.54, 1.807) is 12.3 Å². The van der Waals surface area contributed by atoms with Crippen LogP contribution in [0.15, 0.2) is 54.7 Å². The first kappa shape index (κ1) is 25.7. The molecule has 1 radical (unpaired) electrons. The molecule has 0 saturated heterocycles. The van der Waals surface area contributed by atoms with E-state index in [2.05, 4.69) is 22.5 Å². The Kier molecular flexibility index (Phi) is 8.64. The Bertz CT molecular complexity index is 1110. The van der Waals surface area contributed by atoms with Crippen molar-refractivity contribution in [3.8, 4) is 22.6 Å².